The largest absolute Gasteiger partial charge is 0.494 e. The summed E-state index contributed by atoms with van der Waals surface area (Å²) in [6.07, 6.45) is 8.38. The van der Waals surface area contributed by atoms with Gasteiger partial charge in [0.05, 0.1) is 19.8 Å². The first-order valence-electron chi connectivity index (χ1n) is 19.6. The lowest BCUT2D eigenvalue weighted by Crippen LogP contribution is -2.36. The Kier molecular flexibility index (Phi) is 19.6. The SMILES string of the molecule is CCCCOc1ccc(-c2ccc(OC(F)F)cc2)cc1.CCCOC1(OC(F)F)C=CC(c2ccccc2)=CC1.CCOc1ccc(-c2ccc(OC(F)F)cc2)cc1. The molecule has 0 saturated carbocycles. The molecule has 0 amide bonds. The Hall–Kier alpha value is -5.72. The molecule has 0 bridgehead atoms. The molecular weight excluding hydrogens is 787 g/mol. The molecule has 0 aromatic heterocycles. The minimum atomic E-state index is -2.86. The van der Waals surface area contributed by atoms with E-state index >= 15 is 0 Å². The summed E-state index contributed by atoms with van der Waals surface area (Å²) in [6.45, 7) is -0.757. The molecule has 320 valence electrons. The first-order chi connectivity index (χ1) is 29.0. The van der Waals surface area contributed by atoms with Crippen molar-refractivity contribution in [2.75, 3.05) is 19.8 Å². The number of alkyl halides is 6. The molecule has 5 aromatic carbocycles. The fraction of sp³-hybridized carbons (Fsp3) is 0.292. The summed E-state index contributed by atoms with van der Waals surface area (Å²) in [5, 5.41) is 0. The van der Waals surface area contributed by atoms with E-state index in [1.54, 1.807) is 36.4 Å². The van der Waals surface area contributed by atoms with Crippen molar-refractivity contribution in [2.45, 2.75) is 72.1 Å². The van der Waals surface area contributed by atoms with Crippen molar-refractivity contribution < 1.29 is 54.8 Å². The lowest BCUT2D eigenvalue weighted by molar-refractivity contribution is -0.288. The highest BCUT2D eigenvalue weighted by Crippen LogP contribution is 2.32. The Morgan fingerprint density at radius 1 is 0.500 bits per heavy atom. The maximum atomic E-state index is 12.6. The molecule has 1 unspecified atom stereocenters. The molecule has 0 fully saturated rings. The van der Waals surface area contributed by atoms with E-state index in [4.69, 9.17) is 14.2 Å². The maximum absolute atomic E-state index is 12.6. The number of halogens is 6. The fourth-order valence-electron chi connectivity index (χ4n) is 5.75. The van der Waals surface area contributed by atoms with Crippen LogP contribution in [0.15, 0.2) is 146 Å². The van der Waals surface area contributed by atoms with E-state index in [0.29, 0.717) is 13.2 Å². The van der Waals surface area contributed by atoms with Gasteiger partial charge in [-0.25, -0.2) is 0 Å². The Morgan fingerprint density at radius 2 is 0.967 bits per heavy atom. The Bertz CT molecular complexity index is 1990. The monoisotopic (exact) mass is 836 g/mol. The van der Waals surface area contributed by atoms with Gasteiger partial charge in [-0.05, 0) is 108 Å². The van der Waals surface area contributed by atoms with Crippen LogP contribution in [0.25, 0.3) is 27.8 Å². The molecule has 0 heterocycles. The highest BCUT2D eigenvalue weighted by Gasteiger charge is 2.33. The quantitative estimate of drug-likeness (QED) is 0.0498. The maximum Gasteiger partial charge on any atom is 0.387 e. The lowest BCUT2D eigenvalue weighted by Gasteiger charge is -2.32. The number of unbranched alkanes of at least 4 members (excludes halogenated alkanes) is 1. The van der Waals surface area contributed by atoms with Crippen LogP contribution in [0.1, 0.15) is 52.0 Å². The van der Waals surface area contributed by atoms with Crippen molar-refractivity contribution in [1.82, 2.24) is 0 Å². The second kappa shape index (κ2) is 25.0. The molecule has 12 heteroatoms. The van der Waals surface area contributed by atoms with E-state index in [2.05, 4.69) is 21.1 Å². The van der Waals surface area contributed by atoms with E-state index < -0.39 is 25.6 Å². The van der Waals surface area contributed by atoms with E-state index in [1.165, 1.54) is 24.3 Å². The van der Waals surface area contributed by atoms with Gasteiger partial charge in [0, 0.05) is 6.42 Å². The molecule has 1 aliphatic rings. The van der Waals surface area contributed by atoms with Gasteiger partial charge in [0.2, 0.25) is 0 Å². The number of ether oxygens (including phenoxy) is 6. The first-order valence-corrected chi connectivity index (χ1v) is 19.6. The molecule has 0 aliphatic heterocycles. The van der Waals surface area contributed by atoms with Gasteiger partial charge in [0.25, 0.3) is 0 Å². The molecule has 6 rings (SSSR count). The zero-order valence-electron chi connectivity index (χ0n) is 33.8. The van der Waals surface area contributed by atoms with Crippen LogP contribution in [0.2, 0.25) is 0 Å². The van der Waals surface area contributed by atoms with Gasteiger partial charge in [0.15, 0.2) is 5.79 Å². The summed E-state index contributed by atoms with van der Waals surface area (Å²) in [4.78, 5) is 0. The van der Waals surface area contributed by atoms with Crippen molar-refractivity contribution in [3.63, 3.8) is 0 Å². The summed E-state index contributed by atoms with van der Waals surface area (Å²) in [6, 6.07) is 38.2. The third-order valence-electron chi connectivity index (χ3n) is 8.68. The predicted molar refractivity (Wildman–Crippen MR) is 223 cm³/mol. The standard InChI is InChI=1S/C17H18F2O2.C16H18F2O2.C15H14F2O2/c1-2-3-12-20-15-8-4-13(5-9-15)14-6-10-16(11-7-14)21-17(18)19;1-2-12-19-16(20-15(17)18)10-8-14(9-11-16)13-6-4-3-5-7-13;1-2-18-13-7-3-11(4-8-13)12-5-9-14(10-6-12)19-15(16)17/h4-11,17H,2-3,12H2,1H3;3-10,15H,2,11-12H2,1H3;3-10,15H,2H2,1H3. The summed E-state index contributed by atoms with van der Waals surface area (Å²) < 4.78 is 103. The van der Waals surface area contributed by atoms with E-state index in [9.17, 15) is 26.3 Å². The van der Waals surface area contributed by atoms with Crippen LogP contribution in [-0.2, 0) is 9.47 Å². The highest BCUT2D eigenvalue weighted by atomic mass is 19.3. The van der Waals surface area contributed by atoms with E-state index in [1.807, 2.05) is 98.8 Å². The van der Waals surface area contributed by atoms with Crippen LogP contribution in [0.5, 0.6) is 23.0 Å². The molecule has 1 atom stereocenters. The first kappa shape index (κ1) is 47.0. The van der Waals surface area contributed by atoms with Gasteiger partial charge in [-0.15, -0.1) is 0 Å². The predicted octanol–water partition coefficient (Wildman–Crippen LogP) is 13.9. The number of allylic oxidation sites excluding steroid dienone is 2. The van der Waals surface area contributed by atoms with Crippen molar-refractivity contribution in [3.05, 3.63) is 151 Å². The van der Waals surface area contributed by atoms with Gasteiger partial charge < -0.3 is 23.7 Å². The summed E-state index contributed by atoms with van der Waals surface area (Å²) in [7, 11) is 0. The average molecular weight is 837 g/mol. The van der Waals surface area contributed by atoms with Gasteiger partial charge in [-0.3, -0.25) is 4.74 Å². The third-order valence-corrected chi connectivity index (χ3v) is 8.68. The molecule has 5 aromatic rings. The van der Waals surface area contributed by atoms with Gasteiger partial charge in [-0.2, -0.15) is 26.3 Å². The topological polar surface area (TPSA) is 55.4 Å². The molecule has 0 N–H and O–H groups in total. The summed E-state index contributed by atoms with van der Waals surface area (Å²) in [5.74, 6) is 0.620. The minimum absolute atomic E-state index is 0.157. The molecule has 60 heavy (non-hydrogen) atoms. The molecule has 0 saturated heterocycles. The van der Waals surface area contributed by atoms with Gasteiger partial charge in [0.1, 0.15) is 23.0 Å². The smallest absolute Gasteiger partial charge is 0.387 e. The van der Waals surface area contributed by atoms with Crippen LogP contribution in [0, 0.1) is 0 Å². The fourth-order valence-corrected chi connectivity index (χ4v) is 5.75. The van der Waals surface area contributed by atoms with Crippen molar-refractivity contribution in [3.8, 4) is 45.3 Å². The Labute approximate surface area is 348 Å². The van der Waals surface area contributed by atoms with Gasteiger partial charge >= 0.3 is 19.8 Å². The van der Waals surface area contributed by atoms with Gasteiger partial charge in [-0.1, -0.05) is 111 Å². The lowest BCUT2D eigenvalue weighted by atomic mass is 9.96. The van der Waals surface area contributed by atoms with Crippen LogP contribution >= 0.6 is 0 Å². The third kappa shape index (κ3) is 16.1. The van der Waals surface area contributed by atoms with Crippen molar-refractivity contribution in [2.24, 2.45) is 0 Å². The molecular formula is C48H50F6O6. The zero-order chi connectivity index (χ0) is 43.2. The minimum Gasteiger partial charge on any atom is -0.494 e. The second-order valence-electron chi connectivity index (χ2n) is 13.1. The van der Waals surface area contributed by atoms with Crippen LogP contribution in [0.4, 0.5) is 26.3 Å². The van der Waals surface area contributed by atoms with Crippen LogP contribution < -0.4 is 18.9 Å². The van der Waals surface area contributed by atoms with E-state index in [-0.39, 0.29) is 17.9 Å². The highest BCUT2D eigenvalue weighted by molar-refractivity contribution is 5.75. The molecule has 1 aliphatic carbocycles. The molecule has 6 nitrogen and oxygen atoms in total. The molecule has 0 spiro atoms. The average Bonchev–Trinajstić information content (AvgIpc) is 3.25. The number of hydrogen-bond acceptors (Lipinski definition) is 6. The van der Waals surface area contributed by atoms with Crippen molar-refractivity contribution in [1.29, 1.82) is 0 Å². The normalized spacial score (nSPS) is 14.4. The molecule has 0 radical (unpaired) electrons. The number of rotatable bonds is 18. The van der Waals surface area contributed by atoms with E-state index in [0.717, 1.165) is 70.8 Å². The number of hydrogen-bond donors (Lipinski definition) is 0. The zero-order valence-corrected chi connectivity index (χ0v) is 33.8. The summed E-state index contributed by atoms with van der Waals surface area (Å²) >= 11 is 0. The van der Waals surface area contributed by atoms with Crippen molar-refractivity contribution >= 4 is 5.57 Å². The number of benzene rings is 5. The Morgan fingerprint density at radius 3 is 1.35 bits per heavy atom. The van der Waals surface area contributed by atoms with Crippen LogP contribution in [0.3, 0.4) is 0 Å². The second-order valence-corrected chi connectivity index (χ2v) is 13.1. The summed E-state index contributed by atoms with van der Waals surface area (Å²) in [5.41, 5.74) is 5.90. The Balaban J connectivity index is 0.000000199. The van der Waals surface area contributed by atoms with Crippen LogP contribution in [-0.4, -0.2) is 45.4 Å².